The van der Waals surface area contributed by atoms with E-state index in [2.05, 4.69) is 0 Å². The molecule has 1 aliphatic rings. The van der Waals surface area contributed by atoms with Gasteiger partial charge < -0.3 is 14.7 Å². The predicted octanol–water partition coefficient (Wildman–Crippen LogP) is 2.84. The summed E-state index contributed by atoms with van der Waals surface area (Å²) >= 11 is 0. The fraction of sp³-hybridized carbons (Fsp3) is 0.571. The van der Waals surface area contributed by atoms with Crippen molar-refractivity contribution in [2.24, 2.45) is 0 Å². The molecule has 27 heavy (non-hydrogen) atoms. The SMILES string of the molecule is O=C(O)COCCCCN1C(=O)CCCC1CCC(=O)Cc1ccccc1. The maximum atomic E-state index is 12.3. The van der Waals surface area contributed by atoms with E-state index >= 15 is 0 Å². The molecule has 148 valence electrons. The van der Waals surface area contributed by atoms with E-state index in [0.29, 0.717) is 38.8 Å². The first-order valence-corrected chi connectivity index (χ1v) is 9.71. The summed E-state index contributed by atoms with van der Waals surface area (Å²) in [7, 11) is 0. The molecule has 1 saturated heterocycles. The molecule has 0 radical (unpaired) electrons. The zero-order valence-electron chi connectivity index (χ0n) is 15.8. The Kier molecular flexibility index (Phi) is 8.98. The predicted molar refractivity (Wildman–Crippen MR) is 101 cm³/mol. The molecule has 1 unspecified atom stereocenters. The second kappa shape index (κ2) is 11.5. The smallest absolute Gasteiger partial charge is 0.329 e. The minimum atomic E-state index is -0.971. The number of carboxylic acid groups (broad SMARTS) is 1. The number of unbranched alkanes of at least 4 members (excludes halogenated alkanes) is 1. The molecule has 0 spiro atoms. The molecule has 1 fully saturated rings. The highest BCUT2D eigenvalue weighted by atomic mass is 16.5. The third-order valence-electron chi connectivity index (χ3n) is 4.85. The van der Waals surface area contributed by atoms with Crippen LogP contribution in [0.5, 0.6) is 0 Å². The Hall–Kier alpha value is -2.21. The highest BCUT2D eigenvalue weighted by Gasteiger charge is 2.27. The van der Waals surface area contributed by atoms with Crippen molar-refractivity contribution in [2.45, 2.75) is 57.4 Å². The molecule has 1 amide bonds. The molecule has 0 aromatic heterocycles. The molecule has 1 atom stereocenters. The fourth-order valence-electron chi connectivity index (χ4n) is 3.48. The number of amides is 1. The van der Waals surface area contributed by atoms with E-state index in [0.717, 1.165) is 31.2 Å². The Labute approximate surface area is 160 Å². The molecule has 0 saturated carbocycles. The van der Waals surface area contributed by atoms with Gasteiger partial charge in [0.05, 0.1) is 0 Å². The molecule has 0 aliphatic carbocycles. The fourth-order valence-corrected chi connectivity index (χ4v) is 3.48. The lowest BCUT2D eigenvalue weighted by Gasteiger charge is -2.36. The minimum Gasteiger partial charge on any atom is -0.480 e. The minimum absolute atomic E-state index is 0.130. The van der Waals surface area contributed by atoms with Gasteiger partial charge in [0.25, 0.3) is 0 Å². The zero-order chi connectivity index (χ0) is 19.5. The first-order valence-electron chi connectivity index (χ1n) is 9.71. The highest BCUT2D eigenvalue weighted by Crippen LogP contribution is 2.23. The van der Waals surface area contributed by atoms with Crippen molar-refractivity contribution in [3.8, 4) is 0 Å². The van der Waals surface area contributed by atoms with E-state index in [4.69, 9.17) is 9.84 Å². The maximum absolute atomic E-state index is 12.3. The van der Waals surface area contributed by atoms with E-state index in [1.54, 1.807) is 0 Å². The third-order valence-corrected chi connectivity index (χ3v) is 4.85. The van der Waals surface area contributed by atoms with Crippen molar-refractivity contribution in [3.05, 3.63) is 35.9 Å². The lowest BCUT2D eigenvalue weighted by Crippen LogP contribution is -2.44. The maximum Gasteiger partial charge on any atom is 0.329 e. The van der Waals surface area contributed by atoms with Gasteiger partial charge in [0.15, 0.2) is 0 Å². The summed E-state index contributed by atoms with van der Waals surface area (Å²) in [5.74, 6) is -0.601. The third kappa shape index (κ3) is 7.91. The van der Waals surface area contributed by atoms with Crippen LogP contribution in [0.2, 0.25) is 0 Å². The van der Waals surface area contributed by atoms with Crippen molar-refractivity contribution in [1.29, 1.82) is 0 Å². The Morgan fingerprint density at radius 3 is 2.70 bits per heavy atom. The van der Waals surface area contributed by atoms with Gasteiger partial charge >= 0.3 is 5.97 Å². The van der Waals surface area contributed by atoms with Gasteiger partial charge in [-0.15, -0.1) is 0 Å². The summed E-state index contributed by atoms with van der Waals surface area (Å²) < 4.78 is 5.03. The van der Waals surface area contributed by atoms with Crippen LogP contribution in [-0.2, 0) is 25.5 Å². The molecule has 6 nitrogen and oxygen atoms in total. The summed E-state index contributed by atoms with van der Waals surface area (Å²) in [4.78, 5) is 36.9. The quantitative estimate of drug-likeness (QED) is 0.568. The molecule has 1 aromatic rings. The van der Waals surface area contributed by atoms with Crippen molar-refractivity contribution in [3.63, 3.8) is 0 Å². The number of piperidine rings is 1. The Bertz CT molecular complexity index is 616. The second-order valence-electron chi connectivity index (χ2n) is 7.03. The number of hydrogen-bond donors (Lipinski definition) is 1. The summed E-state index contributed by atoms with van der Waals surface area (Å²) in [5.41, 5.74) is 1.03. The first kappa shape index (κ1) is 21.1. The molecule has 1 aliphatic heterocycles. The van der Waals surface area contributed by atoms with Gasteiger partial charge in [-0.1, -0.05) is 30.3 Å². The Balaban J connectivity index is 1.73. The van der Waals surface area contributed by atoms with Crippen LogP contribution in [-0.4, -0.2) is 53.5 Å². The number of carbonyl (C=O) groups is 3. The molecule has 1 aromatic carbocycles. The molecular weight excluding hydrogens is 346 g/mol. The van der Waals surface area contributed by atoms with Crippen LogP contribution in [0.3, 0.4) is 0 Å². The van der Waals surface area contributed by atoms with Gasteiger partial charge in [-0.25, -0.2) is 4.79 Å². The van der Waals surface area contributed by atoms with Gasteiger partial charge in [-0.05, 0) is 37.7 Å². The monoisotopic (exact) mass is 375 g/mol. The lowest BCUT2D eigenvalue weighted by molar-refractivity contribution is -0.142. The van der Waals surface area contributed by atoms with Crippen LogP contribution >= 0.6 is 0 Å². The second-order valence-corrected chi connectivity index (χ2v) is 7.03. The van der Waals surface area contributed by atoms with Crippen molar-refractivity contribution >= 4 is 17.7 Å². The molecule has 1 heterocycles. The molecule has 0 bridgehead atoms. The Morgan fingerprint density at radius 1 is 1.19 bits per heavy atom. The van der Waals surface area contributed by atoms with Gasteiger partial charge in [0.1, 0.15) is 12.4 Å². The number of aliphatic carboxylic acids is 1. The standard InChI is InChI=1S/C21H29NO5/c23-19(15-17-7-2-1-3-8-17)12-11-18-9-6-10-20(24)22(18)13-4-5-14-27-16-21(25)26/h1-3,7-8,18H,4-6,9-16H2,(H,25,26). The molecule has 6 heteroatoms. The van der Waals surface area contributed by atoms with E-state index < -0.39 is 5.97 Å². The highest BCUT2D eigenvalue weighted by molar-refractivity contribution is 5.81. The van der Waals surface area contributed by atoms with Crippen LogP contribution in [0.4, 0.5) is 0 Å². The van der Waals surface area contributed by atoms with Gasteiger partial charge in [0.2, 0.25) is 5.91 Å². The van der Waals surface area contributed by atoms with E-state index in [9.17, 15) is 14.4 Å². The molecule has 1 N–H and O–H groups in total. The lowest BCUT2D eigenvalue weighted by atomic mass is 9.95. The van der Waals surface area contributed by atoms with E-state index in [1.807, 2.05) is 35.2 Å². The average molecular weight is 375 g/mol. The van der Waals surface area contributed by atoms with Gasteiger partial charge in [0, 0.05) is 38.5 Å². The van der Waals surface area contributed by atoms with Crippen LogP contribution < -0.4 is 0 Å². The molecule has 2 rings (SSSR count). The van der Waals surface area contributed by atoms with E-state index in [1.165, 1.54) is 0 Å². The van der Waals surface area contributed by atoms with Gasteiger partial charge in [-0.2, -0.15) is 0 Å². The number of carboxylic acids is 1. The number of carbonyl (C=O) groups excluding carboxylic acids is 2. The number of ketones is 1. The van der Waals surface area contributed by atoms with Crippen LogP contribution in [0.15, 0.2) is 30.3 Å². The first-order chi connectivity index (χ1) is 13.1. The van der Waals surface area contributed by atoms with Crippen LogP contribution in [0, 0.1) is 0 Å². The summed E-state index contributed by atoms with van der Waals surface area (Å²) in [5, 5.41) is 8.53. The molecular formula is C21H29NO5. The Morgan fingerprint density at radius 2 is 1.96 bits per heavy atom. The van der Waals surface area contributed by atoms with Crippen molar-refractivity contribution in [1.82, 2.24) is 4.90 Å². The number of nitrogens with zero attached hydrogens (tertiary/aromatic N) is 1. The van der Waals surface area contributed by atoms with Crippen molar-refractivity contribution < 1.29 is 24.2 Å². The van der Waals surface area contributed by atoms with Gasteiger partial charge in [-0.3, -0.25) is 9.59 Å². The number of benzene rings is 1. The topological polar surface area (TPSA) is 83.9 Å². The largest absolute Gasteiger partial charge is 0.480 e. The number of rotatable bonds is 12. The number of likely N-dealkylation sites (tertiary alicyclic amines) is 1. The summed E-state index contributed by atoms with van der Waals surface area (Å²) in [6.07, 6.45) is 5.55. The van der Waals surface area contributed by atoms with Crippen molar-refractivity contribution in [2.75, 3.05) is 19.8 Å². The van der Waals surface area contributed by atoms with Crippen LogP contribution in [0.25, 0.3) is 0 Å². The zero-order valence-corrected chi connectivity index (χ0v) is 15.8. The summed E-state index contributed by atoms with van der Waals surface area (Å²) in [6.45, 7) is 0.746. The number of hydrogen-bond acceptors (Lipinski definition) is 4. The average Bonchev–Trinajstić information content (AvgIpc) is 2.65. The number of ether oxygens (including phenoxy) is 1. The summed E-state index contributed by atoms with van der Waals surface area (Å²) in [6, 6.07) is 9.86. The van der Waals surface area contributed by atoms with Crippen LogP contribution in [0.1, 0.15) is 50.5 Å². The number of Topliss-reactive ketones (excluding diaryl/α,β-unsaturated/α-hetero) is 1. The normalized spacial score (nSPS) is 17.1. The van der Waals surface area contributed by atoms with E-state index in [-0.39, 0.29) is 24.3 Å².